The van der Waals surface area contributed by atoms with Crippen molar-refractivity contribution >= 4 is 81.1 Å². The number of thioether (sulfide) groups is 2. The van der Waals surface area contributed by atoms with Crippen molar-refractivity contribution in [1.29, 1.82) is 0 Å². The summed E-state index contributed by atoms with van der Waals surface area (Å²) in [5, 5.41) is 7.75. The highest BCUT2D eigenvalue weighted by atomic mass is 79.9. The van der Waals surface area contributed by atoms with Crippen LogP contribution in [0.5, 0.6) is 11.5 Å². The van der Waals surface area contributed by atoms with Crippen molar-refractivity contribution in [2.75, 3.05) is 12.5 Å². The van der Waals surface area contributed by atoms with Gasteiger partial charge in [0.15, 0.2) is 0 Å². The number of nitrogens with zero attached hydrogens (tertiary/aromatic N) is 2. The summed E-state index contributed by atoms with van der Waals surface area (Å²) in [6.07, 6.45) is 6.97. The minimum Gasteiger partial charge on any atom is -0.461 e. The summed E-state index contributed by atoms with van der Waals surface area (Å²) < 4.78 is 14.5. The average molecular weight is 782 g/mol. The smallest absolute Gasteiger partial charge is 0.290 e. The van der Waals surface area contributed by atoms with Crippen LogP contribution in [0.25, 0.3) is 21.8 Å². The number of halogens is 1. The van der Waals surface area contributed by atoms with Gasteiger partial charge in [0.25, 0.3) is 21.7 Å². The maximum absolute atomic E-state index is 14.8. The molecule has 0 bridgehead atoms. The average Bonchev–Trinajstić information content (AvgIpc) is 2.99. The van der Waals surface area contributed by atoms with E-state index in [1.807, 2.05) is 71.9 Å². The topological polar surface area (TPSA) is 102 Å². The molecule has 0 fully saturated rings. The van der Waals surface area contributed by atoms with Crippen LogP contribution in [0.1, 0.15) is 47.1 Å². The van der Waals surface area contributed by atoms with Crippen molar-refractivity contribution in [3.8, 4) is 23.0 Å². The van der Waals surface area contributed by atoms with Crippen LogP contribution in [-0.2, 0) is 9.59 Å². The molecule has 0 saturated carbocycles. The molecule has 2 aromatic carbocycles. The van der Waals surface area contributed by atoms with Gasteiger partial charge in [-0.15, -0.1) is 29.1 Å². The Morgan fingerprint density at radius 2 is 1.18 bits per heavy atom. The highest BCUT2D eigenvalue weighted by Gasteiger charge is 2.67. The number of amides is 2. The standard InChI is InChI=1S/C37H45BrN4O4S2Si/c1-34(2,3)41-32(43)36(47-7,45-28-12-14-30-25(20-28)18-24(22-39-30)16-17-49(9,10)11)37(48-8,33(44)42-35(4,5)6)46-29-13-15-31-26(21-29)19-27(38)23-40-31/h12-15,18-23H,1-11H3,(H,41,43)(H,42,44). The Balaban J connectivity index is 1.96. The van der Waals surface area contributed by atoms with Gasteiger partial charge in [-0.1, -0.05) is 25.6 Å². The van der Waals surface area contributed by atoms with Crippen LogP contribution in [-0.4, -0.2) is 63.3 Å². The van der Waals surface area contributed by atoms with E-state index in [1.165, 1.54) is 0 Å². The molecule has 2 heterocycles. The Hall–Kier alpha value is -3.24. The fraction of sp³-hybridized carbons (Fsp3) is 0.405. The third kappa shape index (κ3) is 9.31. The van der Waals surface area contributed by atoms with Crippen molar-refractivity contribution in [3.05, 3.63) is 71.0 Å². The Labute approximate surface area is 307 Å². The van der Waals surface area contributed by atoms with Crippen molar-refractivity contribution in [2.24, 2.45) is 0 Å². The van der Waals surface area contributed by atoms with Gasteiger partial charge < -0.3 is 20.1 Å². The molecule has 12 heteroatoms. The van der Waals surface area contributed by atoms with E-state index in [-0.39, 0.29) is 0 Å². The van der Waals surface area contributed by atoms with Crippen molar-refractivity contribution in [2.45, 2.75) is 82.1 Å². The quantitative estimate of drug-likeness (QED) is 0.0997. The molecule has 0 aliphatic rings. The Bertz CT molecular complexity index is 1950. The van der Waals surface area contributed by atoms with Crippen LogP contribution >= 0.6 is 39.5 Å². The highest BCUT2D eigenvalue weighted by molar-refractivity contribution is 9.10. The lowest BCUT2D eigenvalue weighted by molar-refractivity contribution is -0.150. The minimum atomic E-state index is -1.95. The molecular formula is C37H45BrN4O4S2Si. The first-order valence-corrected chi connectivity index (χ1v) is 22.6. The fourth-order valence-corrected chi connectivity index (χ4v) is 7.90. The number of rotatable bonds is 9. The molecule has 2 unspecified atom stereocenters. The Morgan fingerprint density at radius 1 is 0.735 bits per heavy atom. The summed E-state index contributed by atoms with van der Waals surface area (Å²) in [5.41, 5.74) is 4.35. The molecule has 8 nitrogen and oxygen atoms in total. The fourth-order valence-electron chi connectivity index (χ4n) is 4.89. The predicted octanol–water partition coefficient (Wildman–Crippen LogP) is 8.18. The molecule has 0 radical (unpaired) electrons. The molecule has 2 aromatic heterocycles. The van der Waals surface area contributed by atoms with Gasteiger partial charge in [-0.25, -0.2) is 0 Å². The van der Waals surface area contributed by atoms with E-state index in [9.17, 15) is 9.59 Å². The van der Waals surface area contributed by atoms with Gasteiger partial charge in [0.1, 0.15) is 19.6 Å². The van der Waals surface area contributed by atoms with Gasteiger partial charge >= 0.3 is 0 Å². The molecular weight excluding hydrogens is 737 g/mol. The van der Waals surface area contributed by atoms with E-state index in [4.69, 9.17) is 9.47 Å². The first kappa shape index (κ1) is 38.6. The lowest BCUT2D eigenvalue weighted by Crippen LogP contribution is -2.72. The van der Waals surface area contributed by atoms with Crippen molar-refractivity contribution in [1.82, 2.24) is 20.6 Å². The molecule has 0 spiro atoms. The Kier molecular flexibility index (Phi) is 11.4. The maximum Gasteiger partial charge on any atom is 0.290 e. The van der Waals surface area contributed by atoms with E-state index in [1.54, 1.807) is 43.1 Å². The zero-order valence-electron chi connectivity index (χ0n) is 30.0. The lowest BCUT2D eigenvalue weighted by atomic mass is 10.0. The second kappa shape index (κ2) is 14.5. The number of ether oxygens (including phenoxy) is 2. The normalized spacial score (nSPS) is 14.6. The first-order chi connectivity index (χ1) is 22.7. The number of nitrogens with one attached hydrogen (secondary N) is 2. The number of benzene rings is 2. The third-order valence-corrected chi connectivity index (χ3v) is 10.7. The minimum absolute atomic E-state index is 0.361. The molecule has 2 amide bonds. The van der Waals surface area contributed by atoms with E-state index < -0.39 is 40.8 Å². The summed E-state index contributed by atoms with van der Waals surface area (Å²) in [5.74, 6) is 2.95. The summed E-state index contributed by atoms with van der Waals surface area (Å²) in [6.45, 7) is 17.8. The van der Waals surface area contributed by atoms with Gasteiger partial charge in [-0.2, -0.15) is 0 Å². The number of pyridine rings is 2. The van der Waals surface area contributed by atoms with Crippen LogP contribution in [0, 0.1) is 11.5 Å². The molecule has 2 N–H and O–H groups in total. The van der Waals surface area contributed by atoms with Crippen LogP contribution in [0.4, 0.5) is 0 Å². The molecule has 4 rings (SSSR count). The SMILES string of the molecule is CSC(Oc1ccc2ncc(Br)cc2c1)(C(=O)NC(C)(C)C)C(Oc1ccc2ncc(C#C[Si](C)(C)C)cc2c1)(SC)C(=O)NC(C)(C)C. The second-order valence-electron chi connectivity index (χ2n) is 14.8. The van der Waals surface area contributed by atoms with Gasteiger partial charge in [0.2, 0.25) is 0 Å². The predicted molar refractivity (Wildman–Crippen MR) is 211 cm³/mol. The van der Waals surface area contributed by atoms with Crippen LogP contribution in [0.2, 0.25) is 19.6 Å². The summed E-state index contributed by atoms with van der Waals surface area (Å²) in [4.78, 5) is 34.7. The number of hydrogen-bond acceptors (Lipinski definition) is 8. The van der Waals surface area contributed by atoms with E-state index in [2.05, 4.69) is 67.6 Å². The summed E-state index contributed by atoms with van der Waals surface area (Å²) in [6, 6.07) is 14.7. The van der Waals surface area contributed by atoms with Gasteiger partial charge in [0.05, 0.1) is 11.0 Å². The zero-order valence-corrected chi connectivity index (χ0v) is 34.2. The van der Waals surface area contributed by atoms with Gasteiger partial charge in [0, 0.05) is 44.3 Å². The van der Waals surface area contributed by atoms with E-state index in [0.29, 0.717) is 11.5 Å². The molecule has 0 aliphatic carbocycles. The lowest BCUT2D eigenvalue weighted by Gasteiger charge is -2.46. The van der Waals surface area contributed by atoms with Gasteiger partial charge in [-0.05, 0) is 119 Å². The molecule has 260 valence electrons. The Morgan fingerprint density at radius 3 is 1.61 bits per heavy atom. The van der Waals surface area contributed by atoms with E-state index in [0.717, 1.165) is 55.4 Å². The van der Waals surface area contributed by atoms with Crippen LogP contribution < -0.4 is 20.1 Å². The largest absolute Gasteiger partial charge is 0.461 e. The first-order valence-electron chi connectivity index (χ1n) is 15.8. The van der Waals surface area contributed by atoms with Crippen LogP contribution in [0.3, 0.4) is 0 Å². The number of aromatic nitrogens is 2. The van der Waals surface area contributed by atoms with Gasteiger partial charge in [-0.3, -0.25) is 19.6 Å². The summed E-state index contributed by atoms with van der Waals surface area (Å²) >= 11 is 5.69. The number of carbonyl (C=O) groups excluding carboxylic acids is 2. The maximum atomic E-state index is 14.8. The van der Waals surface area contributed by atoms with Crippen LogP contribution in [0.15, 0.2) is 65.4 Å². The zero-order chi connectivity index (χ0) is 36.4. The van der Waals surface area contributed by atoms with Crippen molar-refractivity contribution < 1.29 is 19.1 Å². The number of fused-ring (bicyclic) bond motifs is 2. The van der Waals surface area contributed by atoms with Crippen molar-refractivity contribution in [3.63, 3.8) is 0 Å². The molecule has 2 atom stereocenters. The van der Waals surface area contributed by atoms with E-state index >= 15 is 0 Å². The monoisotopic (exact) mass is 780 g/mol. The summed E-state index contributed by atoms with van der Waals surface area (Å²) in [7, 11) is -1.61. The third-order valence-electron chi connectivity index (χ3n) is 6.96. The number of carbonyl (C=O) groups is 2. The molecule has 0 saturated heterocycles. The molecule has 49 heavy (non-hydrogen) atoms. The molecule has 0 aliphatic heterocycles. The number of hydrogen-bond donors (Lipinski definition) is 2. The second-order valence-corrected chi connectivity index (χ2v) is 22.5. The highest BCUT2D eigenvalue weighted by Crippen LogP contribution is 2.48. The molecule has 4 aromatic rings.